The van der Waals surface area contributed by atoms with Gasteiger partial charge in [-0.3, -0.25) is 0 Å². The van der Waals surface area contributed by atoms with E-state index in [1.54, 1.807) is 0 Å². The maximum Gasteiger partial charge on any atom is 0.376 e. The van der Waals surface area contributed by atoms with Gasteiger partial charge in [-0.2, -0.15) is 0 Å². The van der Waals surface area contributed by atoms with E-state index in [4.69, 9.17) is 5.73 Å². The summed E-state index contributed by atoms with van der Waals surface area (Å²) in [5.74, 6) is -0.467. The van der Waals surface area contributed by atoms with Crippen LogP contribution < -0.4 is 5.73 Å². The van der Waals surface area contributed by atoms with Gasteiger partial charge in [-0.25, -0.2) is 4.79 Å². The Morgan fingerprint density at radius 1 is 1.83 bits per heavy atom. The molecule has 6 heteroatoms. The molecule has 0 radical (unpaired) electrons. The fraction of sp³-hybridized carbons (Fsp3) is 0.333. The Labute approximate surface area is 75.3 Å². The lowest BCUT2D eigenvalue weighted by Crippen LogP contribution is -1.99. The number of carbonyl (C=O) groups is 1. The van der Waals surface area contributed by atoms with Crippen LogP contribution in [-0.4, -0.2) is 18.2 Å². The summed E-state index contributed by atoms with van der Waals surface area (Å²) in [7, 11) is 1.27. The lowest BCUT2D eigenvalue weighted by molar-refractivity contribution is 0.0554. The van der Waals surface area contributed by atoms with Crippen LogP contribution in [0.4, 0.5) is 0 Å². The van der Waals surface area contributed by atoms with Crippen LogP contribution in [0.1, 0.15) is 16.2 Å². The highest BCUT2D eigenvalue weighted by molar-refractivity contribution is 5.86. The first-order valence-electron chi connectivity index (χ1n) is 3.02. The summed E-state index contributed by atoms with van der Waals surface area (Å²) in [6.07, 6.45) is 0. The summed E-state index contributed by atoms with van der Waals surface area (Å²) in [6, 6.07) is 1.45. The largest absolute Gasteiger partial charge is 0.463 e. The van der Waals surface area contributed by atoms with Crippen molar-refractivity contribution in [2.45, 2.75) is 6.54 Å². The Morgan fingerprint density at radius 2 is 2.50 bits per heavy atom. The minimum atomic E-state index is -0.544. The molecule has 1 aromatic heterocycles. The summed E-state index contributed by atoms with van der Waals surface area (Å²) in [4.78, 5) is 10.7. The first-order chi connectivity index (χ1) is 5.27. The summed E-state index contributed by atoms with van der Waals surface area (Å²) in [5.41, 5.74) is 5.76. The fourth-order valence-electron chi connectivity index (χ4n) is 0.605. The maximum atomic E-state index is 10.7. The van der Waals surface area contributed by atoms with Crippen LogP contribution in [0.3, 0.4) is 0 Å². The molecule has 0 aliphatic carbocycles. The van der Waals surface area contributed by atoms with Crippen LogP contribution in [0.25, 0.3) is 0 Å². The van der Waals surface area contributed by atoms with Crippen LogP contribution in [0.2, 0.25) is 0 Å². The number of nitrogens with zero attached hydrogens (tertiary/aromatic N) is 1. The summed E-state index contributed by atoms with van der Waals surface area (Å²) in [6.45, 7) is 0.250. The third-order valence-electron chi connectivity index (χ3n) is 1.15. The van der Waals surface area contributed by atoms with Gasteiger partial charge < -0.3 is 15.0 Å². The lowest BCUT2D eigenvalue weighted by Gasteiger charge is -1.88. The van der Waals surface area contributed by atoms with Gasteiger partial charge in [0.05, 0.1) is 12.8 Å². The molecule has 68 valence electrons. The number of halogens is 1. The third kappa shape index (κ3) is 2.21. The minimum Gasteiger partial charge on any atom is -0.463 e. The van der Waals surface area contributed by atoms with Gasteiger partial charge in [-0.1, -0.05) is 5.16 Å². The van der Waals surface area contributed by atoms with Gasteiger partial charge in [0.2, 0.25) is 5.76 Å². The van der Waals surface area contributed by atoms with Crippen molar-refractivity contribution in [2.24, 2.45) is 5.73 Å². The zero-order chi connectivity index (χ0) is 8.27. The molecule has 0 aliphatic rings. The second-order valence-corrected chi connectivity index (χ2v) is 1.88. The predicted molar refractivity (Wildman–Crippen MR) is 43.0 cm³/mol. The van der Waals surface area contributed by atoms with Gasteiger partial charge in [-0.15, -0.1) is 12.4 Å². The highest BCUT2D eigenvalue weighted by Gasteiger charge is 2.11. The molecule has 5 nitrogen and oxygen atoms in total. The molecule has 0 aliphatic heterocycles. The molecular weight excluding hydrogens is 184 g/mol. The smallest absolute Gasteiger partial charge is 0.376 e. The molecule has 12 heavy (non-hydrogen) atoms. The maximum absolute atomic E-state index is 10.7. The van der Waals surface area contributed by atoms with E-state index in [-0.39, 0.29) is 24.7 Å². The molecule has 0 saturated carbocycles. The van der Waals surface area contributed by atoms with Crippen molar-refractivity contribution in [1.29, 1.82) is 0 Å². The second kappa shape index (κ2) is 4.74. The monoisotopic (exact) mass is 192 g/mol. The van der Waals surface area contributed by atoms with Crippen molar-refractivity contribution in [3.63, 3.8) is 0 Å². The van der Waals surface area contributed by atoms with Crippen molar-refractivity contribution < 1.29 is 14.1 Å². The zero-order valence-corrected chi connectivity index (χ0v) is 7.26. The highest BCUT2D eigenvalue weighted by atomic mass is 35.5. The van der Waals surface area contributed by atoms with Crippen LogP contribution in [-0.2, 0) is 11.3 Å². The molecule has 1 aromatic rings. The van der Waals surface area contributed by atoms with Gasteiger partial charge in [0, 0.05) is 12.6 Å². The molecule has 1 rings (SSSR count). The topological polar surface area (TPSA) is 78.4 Å². The first kappa shape index (κ1) is 10.9. The van der Waals surface area contributed by atoms with E-state index >= 15 is 0 Å². The summed E-state index contributed by atoms with van der Waals surface area (Å²) < 4.78 is 8.98. The molecule has 0 fully saturated rings. The third-order valence-corrected chi connectivity index (χ3v) is 1.15. The number of hydrogen-bond acceptors (Lipinski definition) is 5. The van der Waals surface area contributed by atoms with Gasteiger partial charge in [-0.05, 0) is 0 Å². The van der Waals surface area contributed by atoms with Gasteiger partial charge in [0.15, 0.2) is 0 Å². The van der Waals surface area contributed by atoms with Gasteiger partial charge >= 0.3 is 5.97 Å². The number of ether oxygens (including phenoxy) is 1. The lowest BCUT2D eigenvalue weighted by atomic mass is 10.4. The Morgan fingerprint density at radius 3 is 2.92 bits per heavy atom. The van der Waals surface area contributed by atoms with Crippen molar-refractivity contribution in [3.8, 4) is 0 Å². The molecule has 0 unspecified atom stereocenters. The molecule has 1 heterocycles. The van der Waals surface area contributed by atoms with E-state index in [9.17, 15) is 4.79 Å². The van der Waals surface area contributed by atoms with E-state index in [0.29, 0.717) is 5.69 Å². The zero-order valence-electron chi connectivity index (χ0n) is 6.44. The number of nitrogens with two attached hydrogens (primary N) is 1. The second-order valence-electron chi connectivity index (χ2n) is 1.88. The molecule has 2 N–H and O–H groups in total. The average molecular weight is 193 g/mol. The normalized spacial score (nSPS) is 8.83. The van der Waals surface area contributed by atoms with Crippen molar-refractivity contribution in [1.82, 2.24) is 5.16 Å². The van der Waals surface area contributed by atoms with Crippen LogP contribution in [0.15, 0.2) is 10.6 Å². The van der Waals surface area contributed by atoms with Gasteiger partial charge in [0.25, 0.3) is 0 Å². The van der Waals surface area contributed by atoms with Crippen LogP contribution in [0, 0.1) is 0 Å². The van der Waals surface area contributed by atoms with E-state index in [1.807, 2.05) is 0 Å². The quantitative estimate of drug-likeness (QED) is 0.684. The number of aromatic nitrogens is 1. The SMILES string of the molecule is COC(=O)c1cc(CN)no1.Cl. The molecule has 0 bridgehead atoms. The number of hydrogen-bond donors (Lipinski definition) is 1. The van der Waals surface area contributed by atoms with Gasteiger partial charge in [0.1, 0.15) is 0 Å². The number of esters is 1. The van der Waals surface area contributed by atoms with E-state index in [0.717, 1.165) is 0 Å². The Balaban J connectivity index is 0.00000121. The molecular formula is C6H9ClN2O3. The number of rotatable bonds is 2. The van der Waals surface area contributed by atoms with Crippen molar-refractivity contribution >= 4 is 18.4 Å². The van der Waals surface area contributed by atoms with E-state index in [1.165, 1.54) is 13.2 Å². The fourth-order valence-corrected chi connectivity index (χ4v) is 0.605. The standard InChI is InChI=1S/C6H8N2O3.ClH/c1-10-6(9)5-2-4(3-7)8-11-5;/h2H,3,7H2,1H3;1H. The Bertz CT molecular complexity index is 261. The molecule has 0 spiro atoms. The van der Waals surface area contributed by atoms with Crippen molar-refractivity contribution in [2.75, 3.05) is 7.11 Å². The van der Waals surface area contributed by atoms with Crippen LogP contribution in [0.5, 0.6) is 0 Å². The minimum absolute atomic E-state index is 0. The van der Waals surface area contributed by atoms with E-state index < -0.39 is 5.97 Å². The van der Waals surface area contributed by atoms with Crippen LogP contribution >= 0.6 is 12.4 Å². The summed E-state index contributed by atoms with van der Waals surface area (Å²) >= 11 is 0. The number of carbonyl (C=O) groups excluding carboxylic acids is 1. The summed E-state index contributed by atoms with van der Waals surface area (Å²) in [5, 5.41) is 3.50. The molecule has 0 saturated heterocycles. The first-order valence-corrected chi connectivity index (χ1v) is 3.02. The number of methoxy groups -OCH3 is 1. The highest BCUT2D eigenvalue weighted by Crippen LogP contribution is 2.03. The average Bonchev–Trinajstić information content (AvgIpc) is 2.50. The predicted octanol–water partition coefficient (Wildman–Crippen LogP) is 0.342. The van der Waals surface area contributed by atoms with E-state index in [2.05, 4.69) is 14.4 Å². The van der Waals surface area contributed by atoms with Crippen molar-refractivity contribution in [3.05, 3.63) is 17.5 Å². The Hall–Kier alpha value is -1.07. The molecule has 0 aromatic carbocycles. The Kier molecular flexibility index (Phi) is 4.31. The molecule has 0 amide bonds. The molecule has 0 atom stereocenters.